The molecule has 0 saturated carbocycles. The molecule has 1 atom stereocenters. The number of benzene rings is 1. The van der Waals surface area contributed by atoms with Crippen molar-refractivity contribution in [3.05, 3.63) is 36.8 Å². The monoisotopic (exact) mass is 250 g/mol. The van der Waals surface area contributed by atoms with Crippen molar-refractivity contribution < 1.29 is 19.8 Å². The molecule has 0 aliphatic heterocycles. The van der Waals surface area contributed by atoms with Crippen molar-refractivity contribution in [2.75, 3.05) is 11.4 Å². The van der Waals surface area contributed by atoms with Gasteiger partial charge in [0.15, 0.2) is 5.78 Å². The minimum atomic E-state index is -1.38. The van der Waals surface area contributed by atoms with Crippen LogP contribution in [0, 0.1) is 6.92 Å². The number of Topliss-reactive ketones (excluding diaryl/α,β-unsaturated/α-hetero) is 1. The zero-order valence-electron chi connectivity index (χ0n) is 10.4. The summed E-state index contributed by atoms with van der Waals surface area (Å²) in [5.41, 5.74) is -0.487. The lowest BCUT2D eigenvalue weighted by Crippen LogP contribution is -2.41. The summed E-state index contributed by atoms with van der Waals surface area (Å²) in [7, 11) is 0. The number of ketones is 1. The van der Waals surface area contributed by atoms with Crippen LogP contribution in [0.3, 0.4) is 0 Å². The van der Waals surface area contributed by atoms with Crippen LogP contribution in [-0.4, -0.2) is 34.2 Å². The van der Waals surface area contributed by atoms with Crippen LogP contribution in [0.2, 0.25) is 0 Å². The number of carbonyl (C=O) groups is 2. The van der Waals surface area contributed by atoms with Gasteiger partial charge in [-0.2, -0.15) is 0 Å². The summed E-state index contributed by atoms with van der Waals surface area (Å²) in [6, 6.07) is 6.14. The summed E-state index contributed by atoms with van der Waals surface area (Å²) in [5.74, 6) is -0.0902. The van der Waals surface area contributed by atoms with E-state index in [1.165, 1.54) is 26.0 Å². The second-order valence-corrected chi connectivity index (χ2v) is 4.47. The first-order valence-electron chi connectivity index (χ1n) is 5.40. The van der Waals surface area contributed by atoms with Gasteiger partial charge >= 0.3 is 6.09 Å². The molecule has 2 N–H and O–H groups in total. The number of amides is 1. The quantitative estimate of drug-likeness (QED) is 0.801. The Hall–Kier alpha value is -1.88. The third-order valence-electron chi connectivity index (χ3n) is 2.32. The third kappa shape index (κ3) is 3.85. The number of hydrogen-bond donors (Lipinski definition) is 2. The topological polar surface area (TPSA) is 77.8 Å². The molecule has 97 valence electrons. The molecule has 0 heterocycles. The largest absolute Gasteiger partial charge is 0.465 e. The lowest BCUT2D eigenvalue weighted by atomic mass is 10.1. The van der Waals surface area contributed by atoms with E-state index in [2.05, 4.69) is 6.92 Å². The van der Waals surface area contributed by atoms with Crippen molar-refractivity contribution in [3.8, 4) is 0 Å². The molecule has 5 heteroatoms. The fourth-order valence-corrected chi connectivity index (χ4v) is 1.49. The maximum absolute atomic E-state index is 11.1. The van der Waals surface area contributed by atoms with Gasteiger partial charge in [-0.05, 0) is 45.0 Å². The molecule has 0 aliphatic rings. The van der Waals surface area contributed by atoms with Gasteiger partial charge in [0.2, 0.25) is 0 Å². The number of anilines is 1. The van der Waals surface area contributed by atoms with Crippen LogP contribution in [0.1, 0.15) is 24.2 Å². The molecular weight excluding hydrogens is 234 g/mol. The zero-order chi connectivity index (χ0) is 13.9. The van der Waals surface area contributed by atoms with Gasteiger partial charge < -0.3 is 10.2 Å². The maximum Gasteiger partial charge on any atom is 0.411 e. The fraction of sp³-hybridized carbons (Fsp3) is 0.308. The van der Waals surface area contributed by atoms with Crippen LogP contribution in [0.15, 0.2) is 24.3 Å². The summed E-state index contributed by atoms with van der Waals surface area (Å²) in [5, 5.41) is 18.7. The number of rotatable bonds is 4. The van der Waals surface area contributed by atoms with E-state index < -0.39 is 11.7 Å². The third-order valence-corrected chi connectivity index (χ3v) is 2.32. The lowest BCUT2D eigenvalue weighted by Gasteiger charge is -2.26. The van der Waals surface area contributed by atoms with Gasteiger partial charge in [0.25, 0.3) is 0 Å². The van der Waals surface area contributed by atoms with Crippen molar-refractivity contribution in [1.29, 1.82) is 0 Å². The SMILES string of the molecule is [CH2]C(C)(O)CN(C(=O)O)c1ccc(C(C)=O)cc1. The van der Waals surface area contributed by atoms with Gasteiger partial charge in [0.05, 0.1) is 12.1 Å². The highest BCUT2D eigenvalue weighted by Crippen LogP contribution is 2.18. The summed E-state index contributed by atoms with van der Waals surface area (Å²) >= 11 is 0. The highest BCUT2D eigenvalue weighted by molar-refractivity contribution is 5.95. The molecule has 1 aromatic carbocycles. The molecule has 5 nitrogen and oxygen atoms in total. The maximum atomic E-state index is 11.1. The second kappa shape index (κ2) is 5.18. The van der Waals surface area contributed by atoms with Gasteiger partial charge in [-0.3, -0.25) is 9.69 Å². The van der Waals surface area contributed by atoms with E-state index in [-0.39, 0.29) is 12.3 Å². The van der Waals surface area contributed by atoms with Crippen LogP contribution < -0.4 is 4.90 Å². The molecule has 0 bridgehead atoms. The molecule has 18 heavy (non-hydrogen) atoms. The van der Waals surface area contributed by atoms with Crippen LogP contribution in [0.25, 0.3) is 0 Å². The number of aliphatic hydroxyl groups is 1. The molecule has 0 aromatic heterocycles. The number of carbonyl (C=O) groups excluding carboxylic acids is 1. The van der Waals surface area contributed by atoms with Crippen LogP contribution in [0.5, 0.6) is 0 Å². The van der Waals surface area contributed by atoms with E-state index in [1.807, 2.05) is 0 Å². The van der Waals surface area contributed by atoms with Crippen LogP contribution in [-0.2, 0) is 0 Å². The van der Waals surface area contributed by atoms with Crippen molar-refractivity contribution in [1.82, 2.24) is 0 Å². The van der Waals surface area contributed by atoms with Gasteiger partial charge in [-0.25, -0.2) is 4.79 Å². The number of hydrogen-bond acceptors (Lipinski definition) is 3. The highest BCUT2D eigenvalue weighted by atomic mass is 16.4. The standard InChI is InChI=1S/C13H16NO4/c1-9(15)10-4-6-11(7-5-10)14(12(16)17)8-13(2,3)18/h4-7,18H,2,8H2,1,3H3,(H,16,17). The van der Waals surface area contributed by atoms with Crippen molar-refractivity contribution in [2.24, 2.45) is 0 Å². The molecule has 0 aliphatic carbocycles. The minimum Gasteiger partial charge on any atom is -0.465 e. The summed E-state index contributed by atoms with van der Waals surface area (Å²) < 4.78 is 0. The molecule has 1 radical (unpaired) electrons. The molecule has 0 fully saturated rings. The van der Waals surface area contributed by atoms with Crippen molar-refractivity contribution >= 4 is 17.6 Å². The first kappa shape index (κ1) is 14.2. The fourth-order valence-electron chi connectivity index (χ4n) is 1.49. The Morgan fingerprint density at radius 3 is 2.17 bits per heavy atom. The molecular formula is C13H16NO4. The Bertz CT molecular complexity index is 445. The Labute approximate surface area is 106 Å². The van der Waals surface area contributed by atoms with Gasteiger partial charge in [-0.1, -0.05) is 0 Å². The van der Waals surface area contributed by atoms with Crippen LogP contribution in [0.4, 0.5) is 10.5 Å². The number of nitrogens with zero attached hydrogens (tertiary/aromatic N) is 1. The summed E-state index contributed by atoms with van der Waals surface area (Å²) in [6.45, 7) is 6.17. The smallest absolute Gasteiger partial charge is 0.411 e. The van der Waals surface area contributed by atoms with E-state index in [9.17, 15) is 14.7 Å². The molecule has 1 aromatic rings. The van der Waals surface area contributed by atoms with E-state index >= 15 is 0 Å². The van der Waals surface area contributed by atoms with Gasteiger partial charge in [0.1, 0.15) is 0 Å². The molecule has 0 spiro atoms. The Balaban J connectivity index is 3.00. The zero-order valence-corrected chi connectivity index (χ0v) is 10.4. The Kier molecular flexibility index (Phi) is 4.08. The van der Waals surface area contributed by atoms with E-state index in [4.69, 9.17) is 5.11 Å². The first-order chi connectivity index (χ1) is 8.20. The molecule has 1 unspecified atom stereocenters. The first-order valence-corrected chi connectivity index (χ1v) is 5.40. The van der Waals surface area contributed by atoms with E-state index in [1.54, 1.807) is 12.1 Å². The highest BCUT2D eigenvalue weighted by Gasteiger charge is 2.23. The summed E-state index contributed by atoms with van der Waals surface area (Å²) in [6.07, 6.45) is -1.19. The van der Waals surface area contributed by atoms with Crippen LogP contribution >= 0.6 is 0 Å². The number of carboxylic acid groups (broad SMARTS) is 1. The molecule has 1 rings (SSSR count). The molecule has 0 saturated heterocycles. The lowest BCUT2D eigenvalue weighted by molar-refractivity contribution is 0.101. The predicted molar refractivity (Wildman–Crippen MR) is 67.8 cm³/mol. The Morgan fingerprint density at radius 2 is 1.83 bits per heavy atom. The second-order valence-electron chi connectivity index (χ2n) is 4.47. The van der Waals surface area contributed by atoms with E-state index in [0.717, 1.165) is 4.90 Å². The van der Waals surface area contributed by atoms with E-state index in [0.29, 0.717) is 11.3 Å². The minimum absolute atomic E-state index is 0.0902. The van der Waals surface area contributed by atoms with Gasteiger partial charge in [0, 0.05) is 11.3 Å². The van der Waals surface area contributed by atoms with Crippen molar-refractivity contribution in [2.45, 2.75) is 19.4 Å². The Morgan fingerprint density at radius 1 is 1.33 bits per heavy atom. The average molecular weight is 250 g/mol. The summed E-state index contributed by atoms with van der Waals surface area (Å²) in [4.78, 5) is 23.2. The normalized spacial score (nSPS) is 11.1. The predicted octanol–water partition coefficient (Wildman–Crippen LogP) is 1.96. The van der Waals surface area contributed by atoms with Crippen molar-refractivity contribution in [3.63, 3.8) is 0 Å². The average Bonchev–Trinajstić information content (AvgIpc) is 2.24. The van der Waals surface area contributed by atoms with Gasteiger partial charge in [-0.15, -0.1) is 0 Å². The molecule has 1 amide bonds.